The zero-order valence-corrected chi connectivity index (χ0v) is 22.7. The summed E-state index contributed by atoms with van der Waals surface area (Å²) in [7, 11) is 0. The molecule has 0 aliphatic heterocycles. The van der Waals surface area contributed by atoms with Crippen LogP contribution in [0.1, 0.15) is 113 Å². The maximum absolute atomic E-state index is 14.5. The van der Waals surface area contributed by atoms with Gasteiger partial charge in [0.2, 0.25) is 29.5 Å². The van der Waals surface area contributed by atoms with Gasteiger partial charge in [-0.3, -0.25) is 4.79 Å². The fourth-order valence-corrected chi connectivity index (χ4v) is 8.21. The summed E-state index contributed by atoms with van der Waals surface area (Å²) in [6, 6.07) is 7.92. The quantitative estimate of drug-likeness (QED) is 0.325. The molecule has 11 rings (SSSR count). The number of amides is 1. The molecule has 8 nitrogen and oxygen atoms in total. The van der Waals surface area contributed by atoms with E-state index in [9.17, 15) is 9.18 Å². The molecule has 1 aromatic carbocycles. The van der Waals surface area contributed by atoms with Crippen LogP contribution in [-0.4, -0.2) is 38.5 Å². The van der Waals surface area contributed by atoms with E-state index in [2.05, 4.69) is 20.4 Å². The van der Waals surface area contributed by atoms with Crippen LogP contribution in [0.3, 0.4) is 0 Å². The second-order valence-electron chi connectivity index (χ2n) is 14.1. The van der Waals surface area contributed by atoms with Crippen LogP contribution in [0, 0.1) is 10.8 Å². The molecule has 3 aromatic rings. The number of carbonyl (C=O) groups excluding carboxylic acids is 1. The number of rotatable bonds is 8. The van der Waals surface area contributed by atoms with E-state index in [1.54, 1.807) is 0 Å². The first kappa shape index (κ1) is 23.6. The summed E-state index contributed by atoms with van der Waals surface area (Å²) < 4.78 is 26.7. The van der Waals surface area contributed by atoms with Crippen molar-refractivity contribution >= 4 is 11.6 Å². The number of carbonyl (C=O) groups is 1. The van der Waals surface area contributed by atoms with Gasteiger partial charge in [-0.05, 0) is 107 Å². The third-order valence-corrected chi connectivity index (χ3v) is 11.2. The number of hydrogen-bond acceptors (Lipinski definition) is 7. The van der Waals surface area contributed by atoms with E-state index in [0.717, 1.165) is 87.2 Å². The van der Waals surface area contributed by atoms with Gasteiger partial charge >= 0.3 is 0 Å². The predicted molar refractivity (Wildman–Crippen MR) is 142 cm³/mol. The van der Waals surface area contributed by atoms with Gasteiger partial charge in [-0.25, -0.2) is 4.39 Å². The molecule has 8 saturated carbocycles. The second-order valence-corrected chi connectivity index (χ2v) is 14.1. The van der Waals surface area contributed by atoms with Crippen molar-refractivity contribution in [2.45, 2.75) is 106 Å². The van der Waals surface area contributed by atoms with Crippen LogP contribution in [0.5, 0.6) is 0 Å². The van der Waals surface area contributed by atoms with Crippen molar-refractivity contribution in [2.24, 2.45) is 10.8 Å². The van der Waals surface area contributed by atoms with Crippen LogP contribution in [0.2, 0.25) is 0 Å². The summed E-state index contributed by atoms with van der Waals surface area (Å²) >= 11 is 0. The molecule has 208 valence electrons. The van der Waals surface area contributed by atoms with Gasteiger partial charge in [-0.1, -0.05) is 6.07 Å². The highest BCUT2D eigenvalue weighted by Crippen LogP contribution is 2.70. The highest BCUT2D eigenvalue weighted by molar-refractivity contribution is 6.00. The third kappa shape index (κ3) is 3.51. The van der Waals surface area contributed by atoms with Gasteiger partial charge in [0, 0.05) is 35.0 Å². The average Bonchev–Trinajstić information content (AvgIpc) is 3.89. The first-order valence-corrected chi connectivity index (χ1v) is 15.1. The summed E-state index contributed by atoms with van der Waals surface area (Å²) in [6.07, 6.45) is 11.7. The Morgan fingerprint density at radius 2 is 1.52 bits per heavy atom. The zero-order valence-electron chi connectivity index (χ0n) is 22.7. The molecular weight excluding hydrogens is 509 g/mol. The van der Waals surface area contributed by atoms with Gasteiger partial charge < -0.3 is 13.7 Å². The molecule has 0 radical (unpaired) electrons. The van der Waals surface area contributed by atoms with Crippen molar-refractivity contribution in [3.05, 3.63) is 41.9 Å². The Bertz CT molecular complexity index is 1480. The monoisotopic (exact) mass is 543 g/mol. The maximum atomic E-state index is 14.5. The molecule has 0 atom stereocenters. The van der Waals surface area contributed by atoms with Gasteiger partial charge in [0.05, 0.1) is 5.41 Å². The fraction of sp³-hybridized carbons (Fsp3) is 0.645. The summed E-state index contributed by atoms with van der Waals surface area (Å²) in [4.78, 5) is 16.1. The first-order valence-electron chi connectivity index (χ1n) is 15.1. The largest absolute Gasteiger partial charge is 0.424 e. The lowest BCUT2D eigenvalue weighted by molar-refractivity contribution is -0.211. The van der Waals surface area contributed by atoms with Crippen LogP contribution < -0.4 is 4.90 Å². The van der Waals surface area contributed by atoms with Gasteiger partial charge in [-0.15, -0.1) is 20.4 Å². The van der Waals surface area contributed by atoms with Crippen molar-refractivity contribution in [2.75, 3.05) is 11.4 Å². The minimum absolute atomic E-state index is 0.0255. The second kappa shape index (κ2) is 7.79. The molecule has 2 aromatic heterocycles. The molecule has 40 heavy (non-hydrogen) atoms. The normalized spacial score (nSPS) is 35.7. The van der Waals surface area contributed by atoms with E-state index in [1.165, 1.54) is 0 Å². The van der Waals surface area contributed by atoms with Crippen LogP contribution >= 0.6 is 0 Å². The Balaban J connectivity index is 0.997. The topological polar surface area (TPSA) is 98.2 Å². The van der Waals surface area contributed by atoms with E-state index < -0.39 is 11.1 Å². The van der Waals surface area contributed by atoms with E-state index in [-0.39, 0.29) is 16.7 Å². The summed E-state index contributed by atoms with van der Waals surface area (Å²) in [5.41, 5.74) is 0.00910. The Hall–Kier alpha value is -3.10. The summed E-state index contributed by atoms with van der Waals surface area (Å²) in [6.45, 7) is 0.653. The van der Waals surface area contributed by atoms with E-state index in [4.69, 9.17) is 8.83 Å². The average molecular weight is 544 g/mol. The van der Waals surface area contributed by atoms with Crippen molar-refractivity contribution in [1.82, 2.24) is 20.4 Å². The lowest BCUT2D eigenvalue weighted by Gasteiger charge is -2.65. The zero-order chi connectivity index (χ0) is 26.7. The van der Waals surface area contributed by atoms with Crippen molar-refractivity contribution in [1.29, 1.82) is 0 Å². The highest BCUT2D eigenvalue weighted by Gasteiger charge is 2.73. The van der Waals surface area contributed by atoms with Crippen molar-refractivity contribution in [3.63, 3.8) is 0 Å². The number of fused-ring (bicyclic) bond motifs is 3. The molecule has 8 aliphatic carbocycles. The molecule has 8 fully saturated rings. The van der Waals surface area contributed by atoms with Gasteiger partial charge in [0.15, 0.2) is 0 Å². The Morgan fingerprint density at radius 1 is 0.875 bits per heavy atom. The third-order valence-electron chi connectivity index (χ3n) is 11.2. The van der Waals surface area contributed by atoms with E-state index >= 15 is 0 Å². The smallest absolute Gasteiger partial charge is 0.247 e. The van der Waals surface area contributed by atoms with Gasteiger partial charge in [-0.2, -0.15) is 0 Å². The standard InChI is InChI=1S/C31H34FN5O3/c32-31-15-30(16-31,17-31)27(38)37(22-3-1-2-21(14-22)25-34-33-23(39-25)19-4-5-19)18-28-8-11-29(12-9-28,13-10-28)26-36-35-24(40-26)20-6-7-20/h1-3,14,19-20H,4-13,15-18H2. The molecule has 1 amide bonds. The van der Waals surface area contributed by atoms with Crippen LogP contribution in [0.25, 0.3) is 11.5 Å². The highest BCUT2D eigenvalue weighted by atomic mass is 19.1. The molecule has 0 unspecified atom stereocenters. The first-order chi connectivity index (χ1) is 19.4. The minimum Gasteiger partial charge on any atom is -0.424 e. The molecule has 9 heteroatoms. The number of nitrogens with zero attached hydrogens (tertiary/aromatic N) is 5. The Kier molecular flexibility index (Phi) is 4.60. The molecule has 0 saturated heterocycles. The van der Waals surface area contributed by atoms with Crippen LogP contribution in [0.4, 0.5) is 10.1 Å². The maximum Gasteiger partial charge on any atom is 0.247 e. The number of alkyl halides is 1. The molecule has 0 spiro atoms. The lowest BCUT2D eigenvalue weighted by atomic mass is 9.41. The van der Waals surface area contributed by atoms with Crippen LogP contribution in [-0.2, 0) is 10.2 Å². The number of halogens is 1. The number of aromatic nitrogens is 4. The minimum atomic E-state index is -1.12. The molecule has 2 heterocycles. The SMILES string of the molecule is O=C(N(CC12CCC(c3nnc(C4CC4)o3)(CC1)CC2)c1cccc(-c2nnc(C3CC3)o2)c1)C12CC(F)(C1)C2. The lowest BCUT2D eigenvalue weighted by Crippen LogP contribution is -2.71. The predicted octanol–water partition coefficient (Wildman–Crippen LogP) is 6.39. The number of benzene rings is 1. The summed E-state index contributed by atoms with van der Waals surface area (Å²) in [5, 5.41) is 17.4. The van der Waals surface area contributed by atoms with E-state index in [0.29, 0.717) is 49.4 Å². The fourth-order valence-electron chi connectivity index (χ4n) is 8.21. The van der Waals surface area contributed by atoms with Crippen molar-refractivity contribution in [3.8, 4) is 11.5 Å². The summed E-state index contributed by atoms with van der Waals surface area (Å²) in [5.74, 6) is 3.77. The van der Waals surface area contributed by atoms with Gasteiger partial charge in [0.25, 0.3) is 0 Å². The number of anilines is 1. The Labute approximate surface area is 232 Å². The number of hydrogen-bond donors (Lipinski definition) is 0. The molecular formula is C31H34FN5O3. The molecule has 0 N–H and O–H groups in total. The molecule has 8 aliphatic rings. The molecule has 4 bridgehead atoms. The Morgan fingerprint density at radius 3 is 2.17 bits per heavy atom. The van der Waals surface area contributed by atoms with Gasteiger partial charge in [0.1, 0.15) is 5.67 Å². The van der Waals surface area contributed by atoms with Crippen LogP contribution in [0.15, 0.2) is 33.1 Å². The van der Waals surface area contributed by atoms with Crippen molar-refractivity contribution < 1.29 is 18.0 Å². The van der Waals surface area contributed by atoms with E-state index in [1.807, 2.05) is 29.2 Å².